The van der Waals surface area contributed by atoms with E-state index in [-0.39, 0.29) is 17.6 Å². The van der Waals surface area contributed by atoms with Crippen molar-refractivity contribution in [3.05, 3.63) is 36.0 Å². The van der Waals surface area contributed by atoms with Crippen molar-refractivity contribution in [2.45, 2.75) is 51.2 Å². The van der Waals surface area contributed by atoms with E-state index in [1.54, 1.807) is 12.3 Å². The van der Waals surface area contributed by atoms with Crippen molar-refractivity contribution < 1.29 is 18.1 Å². The molecule has 0 spiro atoms. The van der Waals surface area contributed by atoms with Crippen LogP contribution in [0.2, 0.25) is 0 Å². The Labute approximate surface area is 119 Å². The lowest BCUT2D eigenvalue weighted by molar-refractivity contribution is 0.00578. The molecule has 20 heavy (non-hydrogen) atoms. The fraction of sp³-hybridized carbons (Fsp3) is 0.600. The van der Waals surface area contributed by atoms with Gasteiger partial charge in [-0.25, -0.2) is 4.39 Å². The van der Waals surface area contributed by atoms with E-state index < -0.39 is 18.3 Å². The third-order valence-electron chi connectivity index (χ3n) is 4.60. The summed E-state index contributed by atoms with van der Waals surface area (Å²) in [6, 6.07) is 3.80. The Bertz CT molecular complexity index is 505. The molecule has 1 aliphatic carbocycles. The number of furan rings is 1. The van der Waals surface area contributed by atoms with Gasteiger partial charge in [-0.1, -0.05) is 6.08 Å². The van der Waals surface area contributed by atoms with Crippen LogP contribution in [-0.4, -0.2) is 18.3 Å². The Kier molecular flexibility index (Phi) is 3.10. The maximum Gasteiger partial charge on any atom is 0.524 e. The van der Waals surface area contributed by atoms with E-state index in [4.69, 9.17) is 13.7 Å². The van der Waals surface area contributed by atoms with Crippen molar-refractivity contribution in [1.82, 2.24) is 0 Å². The first kappa shape index (κ1) is 13.9. The molecule has 1 saturated carbocycles. The molecule has 3 nitrogen and oxygen atoms in total. The number of hydrogen-bond donors (Lipinski definition) is 0. The highest BCUT2D eigenvalue weighted by Gasteiger charge is 2.53. The number of halogens is 1. The molecule has 1 aromatic heterocycles. The lowest BCUT2D eigenvalue weighted by atomic mass is 9.87. The Hall–Kier alpha value is -1.07. The maximum atomic E-state index is 14.3. The molecule has 0 N–H and O–H groups in total. The smallest absolute Gasteiger partial charge is 0.469 e. The highest BCUT2D eigenvalue weighted by Crippen LogP contribution is 2.49. The molecule has 5 heteroatoms. The van der Waals surface area contributed by atoms with Gasteiger partial charge in [0.1, 0.15) is 11.5 Å². The molecule has 0 aromatic carbocycles. The van der Waals surface area contributed by atoms with Gasteiger partial charge >= 0.3 is 7.12 Å². The van der Waals surface area contributed by atoms with Gasteiger partial charge in [0.25, 0.3) is 0 Å². The number of rotatable bonds is 3. The van der Waals surface area contributed by atoms with Gasteiger partial charge in [0.05, 0.1) is 17.5 Å². The van der Waals surface area contributed by atoms with E-state index in [0.29, 0.717) is 0 Å². The first-order valence-corrected chi connectivity index (χ1v) is 7.06. The molecule has 1 saturated heterocycles. The van der Waals surface area contributed by atoms with E-state index >= 15 is 0 Å². The van der Waals surface area contributed by atoms with Crippen molar-refractivity contribution >= 4 is 7.12 Å². The molecule has 1 aromatic rings. The van der Waals surface area contributed by atoms with Crippen LogP contribution in [0, 0.1) is 5.92 Å². The average molecular weight is 278 g/mol. The van der Waals surface area contributed by atoms with Crippen molar-refractivity contribution in [2.24, 2.45) is 5.92 Å². The lowest BCUT2D eigenvalue weighted by Gasteiger charge is -2.32. The van der Waals surface area contributed by atoms with Gasteiger partial charge in [-0.3, -0.25) is 0 Å². The summed E-state index contributed by atoms with van der Waals surface area (Å²) in [7, 11) is -0.891. The second-order valence-electron chi connectivity index (χ2n) is 6.66. The monoisotopic (exact) mass is 278 g/mol. The highest BCUT2D eigenvalue weighted by atomic mass is 19.1. The summed E-state index contributed by atoms with van der Waals surface area (Å²) in [5.74, 6) is 1.39. The molecular weight excluding hydrogens is 258 g/mol. The minimum absolute atomic E-state index is 0.181. The predicted octanol–water partition coefficient (Wildman–Crippen LogP) is 3.87. The van der Waals surface area contributed by atoms with Crippen LogP contribution in [-0.2, 0) is 9.31 Å². The molecule has 0 amide bonds. The third kappa shape index (κ3) is 2.33. The van der Waals surface area contributed by atoms with Crippen LogP contribution in [0.25, 0.3) is 0 Å². The summed E-state index contributed by atoms with van der Waals surface area (Å²) in [5, 5.41) is 0. The third-order valence-corrected chi connectivity index (χ3v) is 4.60. The van der Waals surface area contributed by atoms with Crippen LogP contribution in [0.4, 0.5) is 4.39 Å². The summed E-state index contributed by atoms with van der Waals surface area (Å²) in [6.45, 7) is 7.68. The van der Waals surface area contributed by atoms with Gasteiger partial charge in [0, 0.05) is 5.92 Å². The quantitative estimate of drug-likeness (QED) is 0.786. The van der Waals surface area contributed by atoms with Crippen molar-refractivity contribution in [2.75, 3.05) is 0 Å². The van der Waals surface area contributed by atoms with Crippen LogP contribution in [0.3, 0.4) is 0 Å². The average Bonchev–Trinajstić information content (AvgIpc) is 2.82. The molecule has 2 aliphatic rings. The minimum atomic E-state index is -0.891. The van der Waals surface area contributed by atoms with E-state index in [9.17, 15) is 4.39 Å². The summed E-state index contributed by atoms with van der Waals surface area (Å²) >= 11 is 0. The number of allylic oxidation sites excluding steroid dienone is 1. The molecule has 108 valence electrons. The molecule has 3 rings (SSSR count). The summed E-state index contributed by atoms with van der Waals surface area (Å²) in [6.07, 6.45) is 4.19. The minimum Gasteiger partial charge on any atom is -0.469 e. The van der Waals surface area contributed by atoms with Gasteiger partial charge in [0.2, 0.25) is 0 Å². The highest BCUT2D eigenvalue weighted by molar-refractivity contribution is 6.53. The van der Waals surface area contributed by atoms with Gasteiger partial charge in [-0.15, -0.1) is 0 Å². The maximum absolute atomic E-state index is 14.3. The second kappa shape index (κ2) is 4.47. The molecular formula is C15H20BFO3. The predicted molar refractivity (Wildman–Crippen MR) is 74.8 cm³/mol. The van der Waals surface area contributed by atoms with E-state index in [0.717, 1.165) is 12.2 Å². The van der Waals surface area contributed by atoms with E-state index in [1.807, 2.05) is 39.8 Å². The fourth-order valence-corrected chi connectivity index (χ4v) is 2.47. The van der Waals surface area contributed by atoms with Crippen LogP contribution < -0.4 is 0 Å². The SMILES string of the molecule is CC1(C)OB(C(F)=CC2CC2c2ccco2)OC1(C)C. The van der Waals surface area contributed by atoms with Crippen LogP contribution >= 0.6 is 0 Å². The van der Waals surface area contributed by atoms with E-state index in [2.05, 4.69) is 0 Å². The number of hydrogen-bond acceptors (Lipinski definition) is 3. The second-order valence-corrected chi connectivity index (χ2v) is 6.66. The van der Waals surface area contributed by atoms with Gasteiger partial charge < -0.3 is 13.7 Å². The zero-order chi connectivity index (χ0) is 14.5. The van der Waals surface area contributed by atoms with E-state index in [1.165, 1.54) is 0 Å². The Morgan fingerprint density at radius 2 is 1.95 bits per heavy atom. The van der Waals surface area contributed by atoms with Crippen molar-refractivity contribution in [3.8, 4) is 0 Å². The van der Waals surface area contributed by atoms with Gasteiger partial charge in [-0.2, -0.15) is 0 Å². The Morgan fingerprint density at radius 3 is 2.50 bits per heavy atom. The van der Waals surface area contributed by atoms with Crippen LogP contribution in [0.1, 0.15) is 45.8 Å². The Morgan fingerprint density at radius 1 is 1.30 bits per heavy atom. The largest absolute Gasteiger partial charge is 0.524 e. The fourth-order valence-electron chi connectivity index (χ4n) is 2.47. The first-order valence-electron chi connectivity index (χ1n) is 7.06. The molecule has 2 heterocycles. The van der Waals surface area contributed by atoms with Crippen molar-refractivity contribution in [3.63, 3.8) is 0 Å². The zero-order valence-electron chi connectivity index (χ0n) is 12.4. The van der Waals surface area contributed by atoms with Gasteiger partial charge in [0.15, 0.2) is 0 Å². The van der Waals surface area contributed by atoms with Crippen LogP contribution in [0.15, 0.2) is 34.6 Å². The molecule has 2 unspecified atom stereocenters. The van der Waals surface area contributed by atoms with Crippen molar-refractivity contribution in [1.29, 1.82) is 0 Å². The summed E-state index contributed by atoms with van der Waals surface area (Å²) < 4.78 is 31.0. The molecule has 2 fully saturated rings. The Balaban J connectivity index is 1.66. The standard InChI is InChI=1S/C15H20BFO3/c1-14(2)15(3,4)20-16(19-14)13(17)9-10-8-11(10)12-6-5-7-18-12/h5-7,9-11H,8H2,1-4H3. The first-order chi connectivity index (χ1) is 9.30. The summed E-state index contributed by atoms with van der Waals surface area (Å²) in [5.41, 5.74) is -1.35. The molecule has 0 bridgehead atoms. The molecule has 1 aliphatic heterocycles. The lowest BCUT2D eigenvalue weighted by Crippen LogP contribution is -2.41. The summed E-state index contributed by atoms with van der Waals surface area (Å²) in [4.78, 5) is 0. The van der Waals surface area contributed by atoms with Crippen LogP contribution in [0.5, 0.6) is 0 Å². The van der Waals surface area contributed by atoms with Gasteiger partial charge in [-0.05, 0) is 52.2 Å². The molecule has 0 radical (unpaired) electrons. The molecule has 2 atom stereocenters. The zero-order valence-corrected chi connectivity index (χ0v) is 12.4. The normalized spacial score (nSPS) is 31.6. The topological polar surface area (TPSA) is 31.6 Å².